The highest BCUT2D eigenvalue weighted by Gasteiger charge is 2.17. The van der Waals surface area contributed by atoms with Crippen LogP contribution in [0.25, 0.3) is 0 Å². The minimum Gasteiger partial charge on any atom is -0.488 e. The standard InChI is InChI=1S/C15H15NO2S/c1-10-16-8-13(19-10)9-18-12-5-6-14-11(7-12)3-2-4-15(14)17/h5-8H,2-4,9H2,1H3. The van der Waals surface area contributed by atoms with Gasteiger partial charge in [-0.2, -0.15) is 0 Å². The molecular weight excluding hydrogens is 258 g/mol. The van der Waals surface area contributed by atoms with Gasteiger partial charge in [0, 0.05) is 18.2 Å². The van der Waals surface area contributed by atoms with Crippen LogP contribution in [0.15, 0.2) is 24.4 Å². The van der Waals surface area contributed by atoms with Gasteiger partial charge in [-0.25, -0.2) is 4.98 Å². The summed E-state index contributed by atoms with van der Waals surface area (Å²) in [5, 5.41) is 1.05. The molecule has 0 N–H and O–H groups in total. The van der Waals surface area contributed by atoms with E-state index in [0.717, 1.165) is 39.6 Å². The van der Waals surface area contributed by atoms with Crippen molar-refractivity contribution >= 4 is 17.1 Å². The van der Waals surface area contributed by atoms with Crippen LogP contribution in [0.2, 0.25) is 0 Å². The Kier molecular flexibility index (Phi) is 3.34. The molecule has 0 aliphatic heterocycles. The molecular formula is C15H15NO2S. The first-order chi connectivity index (χ1) is 9.22. The Balaban J connectivity index is 1.73. The molecule has 0 bridgehead atoms. The number of carbonyl (C=O) groups excluding carboxylic acids is 1. The van der Waals surface area contributed by atoms with E-state index in [1.54, 1.807) is 11.3 Å². The maximum absolute atomic E-state index is 11.7. The monoisotopic (exact) mass is 273 g/mol. The summed E-state index contributed by atoms with van der Waals surface area (Å²) in [4.78, 5) is 17.1. The topological polar surface area (TPSA) is 39.2 Å². The average Bonchev–Trinajstić information content (AvgIpc) is 2.82. The smallest absolute Gasteiger partial charge is 0.163 e. The molecule has 0 spiro atoms. The summed E-state index contributed by atoms with van der Waals surface area (Å²) in [6.07, 6.45) is 4.44. The van der Waals surface area contributed by atoms with Crippen LogP contribution in [0.3, 0.4) is 0 Å². The minimum absolute atomic E-state index is 0.255. The Morgan fingerprint density at radius 1 is 1.37 bits per heavy atom. The number of aryl methyl sites for hydroxylation is 2. The third-order valence-electron chi connectivity index (χ3n) is 3.28. The molecule has 0 amide bonds. The molecule has 0 radical (unpaired) electrons. The first-order valence-corrected chi connectivity index (χ1v) is 7.24. The zero-order chi connectivity index (χ0) is 13.2. The lowest BCUT2D eigenvalue weighted by molar-refractivity contribution is 0.0972. The number of rotatable bonds is 3. The van der Waals surface area contributed by atoms with Crippen LogP contribution >= 0.6 is 11.3 Å². The fraction of sp³-hybridized carbons (Fsp3) is 0.333. The van der Waals surface area contributed by atoms with Crippen molar-refractivity contribution in [2.24, 2.45) is 0 Å². The Morgan fingerprint density at radius 2 is 2.26 bits per heavy atom. The van der Waals surface area contributed by atoms with Gasteiger partial charge in [0.05, 0.1) is 9.88 Å². The van der Waals surface area contributed by atoms with Crippen LogP contribution in [0.5, 0.6) is 5.75 Å². The van der Waals surface area contributed by atoms with Crippen molar-refractivity contribution < 1.29 is 9.53 Å². The second-order valence-corrected chi connectivity index (χ2v) is 6.05. The highest BCUT2D eigenvalue weighted by atomic mass is 32.1. The van der Waals surface area contributed by atoms with E-state index in [4.69, 9.17) is 4.74 Å². The van der Waals surface area contributed by atoms with Gasteiger partial charge in [-0.3, -0.25) is 4.79 Å². The zero-order valence-corrected chi connectivity index (χ0v) is 11.6. The predicted molar refractivity (Wildman–Crippen MR) is 74.9 cm³/mol. The van der Waals surface area contributed by atoms with E-state index in [2.05, 4.69) is 4.98 Å². The van der Waals surface area contributed by atoms with Gasteiger partial charge in [-0.1, -0.05) is 0 Å². The first kappa shape index (κ1) is 12.4. The number of ether oxygens (including phenoxy) is 1. The van der Waals surface area contributed by atoms with Gasteiger partial charge in [0.2, 0.25) is 0 Å². The second-order valence-electron chi connectivity index (χ2n) is 4.73. The van der Waals surface area contributed by atoms with Crippen LogP contribution in [0, 0.1) is 6.92 Å². The summed E-state index contributed by atoms with van der Waals surface area (Å²) >= 11 is 1.65. The Hall–Kier alpha value is -1.68. The highest BCUT2D eigenvalue weighted by Crippen LogP contribution is 2.26. The van der Waals surface area contributed by atoms with Gasteiger partial charge in [-0.05, 0) is 43.5 Å². The van der Waals surface area contributed by atoms with Crippen LogP contribution < -0.4 is 4.74 Å². The predicted octanol–water partition coefficient (Wildman–Crippen LogP) is 3.55. The quantitative estimate of drug-likeness (QED) is 0.858. The Labute approximate surface area is 116 Å². The maximum atomic E-state index is 11.7. The fourth-order valence-corrected chi connectivity index (χ4v) is 3.05. The van der Waals surface area contributed by atoms with Crippen LogP contribution in [-0.4, -0.2) is 10.8 Å². The van der Waals surface area contributed by atoms with Crippen molar-refractivity contribution in [2.75, 3.05) is 0 Å². The summed E-state index contributed by atoms with van der Waals surface area (Å²) < 4.78 is 5.77. The van der Waals surface area contributed by atoms with E-state index in [-0.39, 0.29) is 5.78 Å². The number of hydrogen-bond donors (Lipinski definition) is 0. The van der Waals surface area contributed by atoms with Gasteiger partial charge in [0.15, 0.2) is 5.78 Å². The molecule has 19 heavy (non-hydrogen) atoms. The Bertz CT molecular complexity index is 618. The van der Waals surface area contributed by atoms with Crippen LogP contribution in [-0.2, 0) is 13.0 Å². The van der Waals surface area contributed by atoms with Gasteiger partial charge in [0.1, 0.15) is 12.4 Å². The summed E-state index contributed by atoms with van der Waals surface area (Å²) in [6, 6.07) is 5.78. The van der Waals surface area contributed by atoms with Crippen molar-refractivity contribution in [1.82, 2.24) is 4.98 Å². The molecule has 0 unspecified atom stereocenters. The van der Waals surface area contributed by atoms with Gasteiger partial charge in [0.25, 0.3) is 0 Å². The number of aromatic nitrogens is 1. The van der Waals surface area contributed by atoms with Crippen molar-refractivity contribution in [3.8, 4) is 5.75 Å². The van der Waals surface area contributed by atoms with Crippen molar-refractivity contribution in [2.45, 2.75) is 32.8 Å². The van der Waals surface area contributed by atoms with E-state index >= 15 is 0 Å². The van der Waals surface area contributed by atoms with Crippen molar-refractivity contribution in [1.29, 1.82) is 0 Å². The van der Waals surface area contributed by atoms with Crippen molar-refractivity contribution in [3.63, 3.8) is 0 Å². The largest absolute Gasteiger partial charge is 0.488 e. The molecule has 98 valence electrons. The molecule has 0 saturated carbocycles. The number of fused-ring (bicyclic) bond motifs is 1. The van der Waals surface area contributed by atoms with E-state index in [1.807, 2.05) is 31.3 Å². The number of benzene rings is 1. The molecule has 1 aromatic carbocycles. The molecule has 1 aromatic heterocycles. The van der Waals surface area contributed by atoms with E-state index in [0.29, 0.717) is 13.0 Å². The summed E-state index contributed by atoms with van der Waals surface area (Å²) in [5.41, 5.74) is 1.99. The van der Waals surface area contributed by atoms with Crippen LogP contribution in [0.4, 0.5) is 0 Å². The molecule has 1 aliphatic carbocycles. The zero-order valence-electron chi connectivity index (χ0n) is 10.8. The third kappa shape index (κ3) is 2.68. The van der Waals surface area contributed by atoms with E-state index < -0.39 is 0 Å². The van der Waals surface area contributed by atoms with Gasteiger partial charge < -0.3 is 4.74 Å². The summed E-state index contributed by atoms with van der Waals surface area (Å²) in [5.74, 6) is 1.09. The summed E-state index contributed by atoms with van der Waals surface area (Å²) in [6.45, 7) is 2.52. The minimum atomic E-state index is 0.255. The SMILES string of the molecule is Cc1ncc(COc2ccc3c(c2)CCCC3=O)s1. The van der Waals surface area contributed by atoms with Gasteiger partial charge in [-0.15, -0.1) is 11.3 Å². The molecule has 3 rings (SSSR count). The highest BCUT2D eigenvalue weighted by molar-refractivity contribution is 7.11. The molecule has 3 nitrogen and oxygen atoms in total. The van der Waals surface area contributed by atoms with E-state index in [9.17, 15) is 4.79 Å². The molecule has 1 aliphatic rings. The lowest BCUT2D eigenvalue weighted by atomic mass is 9.91. The third-order valence-corrected chi connectivity index (χ3v) is 4.16. The molecule has 0 saturated heterocycles. The van der Waals surface area contributed by atoms with Crippen LogP contribution in [0.1, 0.15) is 38.6 Å². The molecule has 0 fully saturated rings. The van der Waals surface area contributed by atoms with Crippen molar-refractivity contribution in [3.05, 3.63) is 45.4 Å². The average molecular weight is 273 g/mol. The number of Topliss-reactive ketones (excluding diaryl/α,β-unsaturated/α-hetero) is 1. The number of ketones is 1. The first-order valence-electron chi connectivity index (χ1n) is 6.42. The molecule has 2 aromatic rings. The summed E-state index contributed by atoms with van der Waals surface area (Å²) in [7, 11) is 0. The lowest BCUT2D eigenvalue weighted by Gasteiger charge is -2.15. The van der Waals surface area contributed by atoms with Gasteiger partial charge >= 0.3 is 0 Å². The number of nitrogens with zero attached hydrogens (tertiary/aromatic N) is 1. The number of hydrogen-bond acceptors (Lipinski definition) is 4. The Morgan fingerprint density at radius 3 is 3.05 bits per heavy atom. The number of carbonyl (C=O) groups is 1. The maximum Gasteiger partial charge on any atom is 0.163 e. The molecule has 1 heterocycles. The fourth-order valence-electron chi connectivity index (χ4n) is 2.34. The second kappa shape index (κ2) is 5.13. The molecule has 4 heteroatoms. The number of thiazole rings is 1. The molecule has 0 atom stereocenters. The lowest BCUT2D eigenvalue weighted by Crippen LogP contribution is -2.10. The normalized spacial score (nSPS) is 14.3. The van der Waals surface area contributed by atoms with E-state index in [1.165, 1.54) is 0 Å².